The highest BCUT2D eigenvalue weighted by atomic mass is 14.5. The summed E-state index contributed by atoms with van der Waals surface area (Å²) >= 11 is 0. The van der Waals surface area contributed by atoms with Crippen LogP contribution in [0.4, 0.5) is 0 Å². The van der Waals surface area contributed by atoms with E-state index in [1.165, 1.54) is 128 Å². The maximum absolute atomic E-state index is 2.45. The van der Waals surface area contributed by atoms with Crippen molar-refractivity contribution in [2.75, 3.05) is 0 Å². The number of rotatable bonds is 8. The Bertz CT molecular complexity index is 3890. The molecule has 0 atom stereocenters. The topological polar surface area (TPSA) is 0 Å². The lowest BCUT2D eigenvalue weighted by Crippen LogP contribution is -2.25. The maximum Gasteiger partial charge on any atom is 0.0725 e. The quantitative estimate of drug-likeness (QED) is 0.142. The van der Waals surface area contributed by atoms with Gasteiger partial charge in [-0.3, -0.25) is 0 Å². The van der Waals surface area contributed by atoms with Crippen LogP contribution in [0.25, 0.3) is 111 Å². The molecule has 12 aromatic rings. The standard InChI is InChI=1S/C73H48/c1-5-21-49(22-6-1)55-40-56(50-23-7-2-8-24-50)43-59(42-55)53-29-19-30-54(39-53)60-46-62(61-44-57(51-25-9-3-10-26-51)41-58(45-61)52-27-11-4-12-28-52)48-63(47-60)64-34-20-38-71-72(64)67-33-15-18-37-70(67)73(71)68-35-16-13-31-65(68)66-32-14-17-36-69(66)73/h1-48H. The third kappa shape index (κ3) is 7.14. The normalized spacial score (nSPS) is 12.5. The van der Waals surface area contributed by atoms with E-state index in [0.717, 1.165) is 5.56 Å². The number of fused-ring (bicyclic) bond motifs is 10. The van der Waals surface area contributed by atoms with Crippen molar-refractivity contribution in [2.24, 2.45) is 0 Å². The largest absolute Gasteiger partial charge is 0.0725 e. The van der Waals surface area contributed by atoms with Crippen LogP contribution in [0.1, 0.15) is 22.3 Å². The summed E-state index contributed by atoms with van der Waals surface area (Å²) in [5.74, 6) is 0. The summed E-state index contributed by atoms with van der Waals surface area (Å²) in [6, 6.07) is 108. The highest BCUT2D eigenvalue weighted by Crippen LogP contribution is 2.64. The van der Waals surface area contributed by atoms with Gasteiger partial charge in [-0.25, -0.2) is 0 Å². The molecule has 12 aromatic carbocycles. The van der Waals surface area contributed by atoms with Crippen molar-refractivity contribution in [3.8, 4) is 111 Å². The molecule has 0 aliphatic heterocycles. The van der Waals surface area contributed by atoms with Gasteiger partial charge in [0.05, 0.1) is 5.41 Å². The van der Waals surface area contributed by atoms with Crippen LogP contribution >= 0.6 is 0 Å². The van der Waals surface area contributed by atoms with E-state index >= 15 is 0 Å². The number of benzene rings is 12. The lowest BCUT2D eigenvalue weighted by molar-refractivity contribution is 0.794. The minimum Gasteiger partial charge on any atom is -0.0622 e. The molecular weight excluding hydrogens is 877 g/mol. The van der Waals surface area contributed by atoms with Gasteiger partial charge in [-0.1, -0.05) is 231 Å². The van der Waals surface area contributed by atoms with Crippen LogP contribution in [0.5, 0.6) is 0 Å². The molecule has 0 bridgehead atoms. The van der Waals surface area contributed by atoms with Crippen molar-refractivity contribution in [3.05, 3.63) is 313 Å². The van der Waals surface area contributed by atoms with E-state index in [1.54, 1.807) is 0 Å². The minimum atomic E-state index is -0.439. The molecule has 0 radical (unpaired) electrons. The molecule has 0 saturated heterocycles. The van der Waals surface area contributed by atoms with Gasteiger partial charge in [0.15, 0.2) is 0 Å². The second-order valence-corrected chi connectivity index (χ2v) is 19.6. The summed E-state index contributed by atoms with van der Waals surface area (Å²) in [5.41, 5.74) is 29.2. The van der Waals surface area contributed by atoms with Gasteiger partial charge in [0, 0.05) is 0 Å². The van der Waals surface area contributed by atoms with Gasteiger partial charge >= 0.3 is 0 Å². The Balaban J connectivity index is 1.01. The van der Waals surface area contributed by atoms with Crippen LogP contribution in [0.3, 0.4) is 0 Å². The van der Waals surface area contributed by atoms with E-state index < -0.39 is 5.41 Å². The molecule has 0 amide bonds. The molecule has 0 unspecified atom stereocenters. The summed E-state index contributed by atoms with van der Waals surface area (Å²) < 4.78 is 0. The molecule has 0 fully saturated rings. The zero-order valence-electron chi connectivity index (χ0n) is 40.2. The monoisotopic (exact) mass is 924 g/mol. The number of hydrogen-bond donors (Lipinski definition) is 0. The van der Waals surface area contributed by atoms with E-state index in [4.69, 9.17) is 0 Å². The first-order chi connectivity index (χ1) is 36.2. The molecule has 2 aliphatic rings. The maximum atomic E-state index is 2.45. The van der Waals surface area contributed by atoms with Gasteiger partial charge in [0.25, 0.3) is 0 Å². The first-order valence-corrected chi connectivity index (χ1v) is 25.4. The fourth-order valence-electron chi connectivity index (χ4n) is 12.2. The van der Waals surface area contributed by atoms with Crippen molar-refractivity contribution < 1.29 is 0 Å². The molecule has 14 rings (SSSR count). The van der Waals surface area contributed by atoms with Gasteiger partial charge in [-0.05, 0) is 194 Å². The van der Waals surface area contributed by atoms with Gasteiger partial charge < -0.3 is 0 Å². The molecule has 0 aromatic heterocycles. The van der Waals surface area contributed by atoms with Crippen molar-refractivity contribution in [2.45, 2.75) is 5.41 Å². The third-order valence-electron chi connectivity index (χ3n) is 15.4. The van der Waals surface area contributed by atoms with E-state index in [-0.39, 0.29) is 0 Å². The highest BCUT2D eigenvalue weighted by Gasteiger charge is 2.52. The zero-order valence-corrected chi connectivity index (χ0v) is 40.2. The first kappa shape index (κ1) is 42.5. The Kier molecular flexibility index (Phi) is 10.2. The van der Waals surface area contributed by atoms with Gasteiger partial charge in [-0.15, -0.1) is 0 Å². The molecule has 0 nitrogen and oxygen atoms in total. The summed E-state index contributed by atoms with van der Waals surface area (Å²) in [6.07, 6.45) is 0. The van der Waals surface area contributed by atoms with Crippen molar-refractivity contribution >= 4 is 0 Å². The Morgan fingerprint density at radius 1 is 0.151 bits per heavy atom. The lowest BCUT2D eigenvalue weighted by Gasteiger charge is -2.30. The fraction of sp³-hybridized carbons (Fsp3) is 0.0137. The highest BCUT2D eigenvalue weighted by molar-refractivity contribution is 6.01. The second-order valence-electron chi connectivity index (χ2n) is 19.6. The molecule has 73 heavy (non-hydrogen) atoms. The van der Waals surface area contributed by atoms with Crippen molar-refractivity contribution in [1.29, 1.82) is 0 Å². The molecule has 340 valence electrons. The molecular formula is C73H48. The predicted molar refractivity (Wildman–Crippen MR) is 306 cm³/mol. The van der Waals surface area contributed by atoms with Crippen LogP contribution in [0.2, 0.25) is 0 Å². The van der Waals surface area contributed by atoms with Crippen LogP contribution in [-0.4, -0.2) is 0 Å². The first-order valence-electron chi connectivity index (χ1n) is 25.4. The molecule has 0 N–H and O–H groups in total. The van der Waals surface area contributed by atoms with Crippen molar-refractivity contribution in [3.63, 3.8) is 0 Å². The summed E-state index contributed by atoms with van der Waals surface area (Å²) in [5, 5.41) is 0. The molecule has 1 spiro atoms. The smallest absolute Gasteiger partial charge is 0.0622 e. The molecule has 0 heteroatoms. The summed E-state index contributed by atoms with van der Waals surface area (Å²) in [7, 11) is 0. The fourth-order valence-corrected chi connectivity index (χ4v) is 12.2. The van der Waals surface area contributed by atoms with E-state index in [0.29, 0.717) is 0 Å². The average Bonchev–Trinajstić information content (AvgIpc) is 3.97. The van der Waals surface area contributed by atoms with Crippen molar-refractivity contribution in [1.82, 2.24) is 0 Å². The van der Waals surface area contributed by atoms with Gasteiger partial charge in [-0.2, -0.15) is 0 Å². The van der Waals surface area contributed by atoms with Gasteiger partial charge in [0.1, 0.15) is 0 Å². The Hall–Kier alpha value is -9.36. The molecule has 2 aliphatic carbocycles. The number of hydrogen-bond acceptors (Lipinski definition) is 0. The summed E-state index contributed by atoms with van der Waals surface area (Å²) in [6.45, 7) is 0. The van der Waals surface area contributed by atoms with Gasteiger partial charge in [0.2, 0.25) is 0 Å². The Morgan fingerprint density at radius 3 is 0.808 bits per heavy atom. The Labute approximate surface area is 427 Å². The van der Waals surface area contributed by atoms with Crippen LogP contribution in [0.15, 0.2) is 291 Å². The van der Waals surface area contributed by atoms with Crippen LogP contribution < -0.4 is 0 Å². The predicted octanol–water partition coefficient (Wildman–Crippen LogP) is 19.4. The summed E-state index contributed by atoms with van der Waals surface area (Å²) in [4.78, 5) is 0. The lowest BCUT2D eigenvalue weighted by atomic mass is 9.70. The van der Waals surface area contributed by atoms with E-state index in [1.807, 2.05) is 0 Å². The third-order valence-corrected chi connectivity index (χ3v) is 15.4. The van der Waals surface area contributed by atoms with Crippen LogP contribution in [0, 0.1) is 0 Å². The van der Waals surface area contributed by atoms with Crippen LogP contribution in [-0.2, 0) is 5.41 Å². The second kappa shape index (κ2) is 17.5. The Morgan fingerprint density at radius 2 is 0.397 bits per heavy atom. The molecule has 0 heterocycles. The molecule has 0 saturated carbocycles. The van der Waals surface area contributed by atoms with E-state index in [9.17, 15) is 0 Å². The van der Waals surface area contributed by atoms with E-state index in [2.05, 4.69) is 291 Å². The SMILES string of the molecule is c1ccc(-c2cc(-c3ccccc3)cc(-c3cccc(-c4cc(-c5cc(-c6ccccc6)cc(-c6ccccc6)c5)cc(-c5cccc6c5-c5ccccc5C65c6ccccc6-c6ccccc65)c4)c3)c2)cc1. The zero-order chi connectivity index (χ0) is 48.3. The average molecular weight is 925 g/mol. The minimum absolute atomic E-state index is 0.439.